The molecule has 0 unspecified atom stereocenters. The summed E-state index contributed by atoms with van der Waals surface area (Å²) in [7, 11) is 1.68. The Labute approximate surface area is 90.6 Å². The maximum absolute atomic E-state index is 5.59. The van der Waals surface area contributed by atoms with Crippen LogP contribution in [0.25, 0.3) is 0 Å². The first-order valence-corrected chi connectivity index (χ1v) is 5.41. The highest BCUT2D eigenvalue weighted by Gasteiger charge is 2.34. The summed E-state index contributed by atoms with van der Waals surface area (Å²) in [4.78, 5) is 0. The molecule has 0 heterocycles. The quantitative estimate of drug-likeness (QED) is 0.771. The monoisotopic (exact) mass is 206 g/mol. The minimum atomic E-state index is 0.739. The topological polar surface area (TPSA) is 47.3 Å². The van der Waals surface area contributed by atoms with E-state index in [-0.39, 0.29) is 0 Å². The maximum Gasteiger partial charge on any atom is 0.120 e. The van der Waals surface area contributed by atoms with Crippen LogP contribution in [0.2, 0.25) is 0 Å². The molecule has 3 nitrogen and oxygen atoms in total. The molecule has 1 aliphatic rings. The predicted octanol–water partition coefficient (Wildman–Crippen LogP) is 1.70. The lowest BCUT2D eigenvalue weighted by Crippen LogP contribution is -2.09. The molecule has 0 radical (unpaired) electrons. The van der Waals surface area contributed by atoms with Crippen LogP contribution in [-0.2, 0) is 0 Å². The SMILES string of the molecule is COc1cccc(NC[C@H]2C[C@H]2CN)c1. The van der Waals surface area contributed by atoms with Crippen LogP contribution >= 0.6 is 0 Å². The van der Waals surface area contributed by atoms with E-state index in [1.54, 1.807) is 7.11 Å². The number of nitrogens with two attached hydrogens (primary N) is 1. The van der Waals surface area contributed by atoms with Crippen LogP contribution in [0.15, 0.2) is 24.3 Å². The summed E-state index contributed by atoms with van der Waals surface area (Å²) in [6, 6.07) is 8.02. The first kappa shape index (κ1) is 10.3. The Morgan fingerprint density at radius 3 is 3.00 bits per heavy atom. The van der Waals surface area contributed by atoms with Crippen molar-refractivity contribution in [1.82, 2.24) is 0 Å². The number of benzene rings is 1. The summed E-state index contributed by atoms with van der Waals surface area (Å²) in [5.74, 6) is 2.40. The van der Waals surface area contributed by atoms with Gasteiger partial charge in [-0.3, -0.25) is 0 Å². The molecule has 15 heavy (non-hydrogen) atoms. The standard InChI is InChI=1S/C12H18N2O/c1-15-12-4-2-3-11(6-12)14-8-10-5-9(10)7-13/h2-4,6,9-10,14H,5,7-8,13H2,1H3/t9-,10+/m0/s1. The molecule has 3 heteroatoms. The highest BCUT2D eigenvalue weighted by Crippen LogP contribution is 2.37. The van der Waals surface area contributed by atoms with Crippen LogP contribution < -0.4 is 15.8 Å². The predicted molar refractivity (Wildman–Crippen MR) is 62.1 cm³/mol. The minimum Gasteiger partial charge on any atom is -0.497 e. The fourth-order valence-electron chi connectivity index (χ4n) is 1.83. The van der Waals surface area contributed by atoms with Crippen molar-refractivity contribution in [1.29, 1.82) is 0 Å². The number of hydrogen-bond donors (Lipinski definition) is 2. The van der Waals surface area contributed by atoms with Crippen LogP contribution in [0.5, 0.6) is 5.75 Å². The van der Waals surface area contributed by atoms with Crippen molar-refractivity contribution in [3.8, 4) is 5.75 Å². The van der Waals surface area contributed by atoms with Gasteiger partial charge in [0.2, 0.25) is 0 Å². The second-order valence-corrected chi connectivity index (χ2v) is 4.10. The van der Waals surface area contributed by atoms with Gasteiger partial charge in [0.15, 0.2) is 0 Å². The molecule has 0 spiro atoms. The van der Waals surface area contributed by atoms with Crippen LogP contribution in [0.3, 0.4) is 0 Å². The lowest BCUT2D eigenvalue weighted by molar-refractivity contribution is 0.415. The van der Waals surface area contributed by atoms with Crippen molar-refractivity contribution >= 4 is 5.69 Å². The van der Waals surface area contributed by atoms with E-state index < -0.39 is 0 Å². The minimum absolute atomic E-state index is 0.739. The van der Waals surface area contributed by atoms with Crippen molar-refractivity contribution < 1.29 is 4.74 Å². The van der Waals surface area contributed by atoms with Crippen molar-refractivity contribution in [2.24, 2.45) is 17.6 Å². The molecule has 1 aromatic rings. The Bertz CT molecular complexity index is 327. The lowest BCUT2D eigenvalue weighted by atomic mass is 10.2. The molecule has 0 saturated heterocycles. The summed E-state index contributed by atoms with van der Waals surface area (Å²) in [5, 5.41) is 3.41. The van der Waals surface area contributed by atoms with E-state index in [1.807, 2.05) is 18.2 Å². The van der Waals surface area contributed by atoms with Crippen molar-refractivity contribution in [3.63, 3.8) is 0 Å². The van der Waals surface area contributed by atoms with Crippen molar-refractivity contribution in [2.45, 2.75) is 6.42 Å². The highest BCUT2D eigenvalue weighted by atomic mass is 16.5. The van der Waals surface area contributed by atoms with Crippen LogP contribution in [0.1, 0.15) is 6.42 Å². The van der Waals surface area contributed by atoms with Gasteiger partial charge < -0.3 is 15.8 Å². The molecule has 1 aromatic carbocycles. The summed E-state index contributed by atoms with van der Waals surface area (Å²) in [6.07, 6.45) is 1.27. The summed E-state index contributed by atoms with van der Waals surface area (Å²) in [6.45, 7) is 1.85. The highest BCUT2D eigenvalue weighted by molar-refractivity contribution is 5.48. The molecule has 2 atom stereocenters. The normalized spacial score (nSPS) is 23.6. The van der Waals surface area contributed by atoms with Crippen LogP contribution in [0, 0.1) is 11.8 Å². The molecule has 82 valence electrons. The number of rotatable bonds is 5. The number of anilines is 1. The molecule has 1 aliphatic carbocycles. The van der Waals surface area contributed by atoms with E-state index in [0.717, 1.165) is 36.4 Å². The second-order valence-electron chi connectivity index (χ2n) is 4.10. The number of methoxy groups -OCH3 is 1. The van der Waals surface area contributed by atoms with E-state index in [1.165, 1.54) is 6.42 Å². The number of hydrogen-bond acceptors (Lipinski definition) is 3. The third-order valence-corrected chi connectivity index (χ3v) is 3.01. The van der Waals surface area contributed by atoms with Gasteiger partial charge in [-0.15, -0.1) is 0 Å². The fourth-order valence-corrected chi connectivity index (χ4v) is 1.83. The van der Waals surface area contributed by atoms with E-state index in [0.29, 0.717) is 0 Å². The Kier molecular flexibility index (Phi) is 3.11. The molecule has 0 aliphatic heterocycles. The van der Waals surface area contributed by atoms with E-state index in [4.69, 9.17) is 10.5 Å². The largest absolute Gasteiger partial charge is 0.497 e. The molecule has 3 N–H and O–H groups in total. The third-order valence-electron chi connectivity index (χ3n) is 3.01. The molecule has 1 saturated carbocycles. The zero-order valence-electron chi connectivity index (χ0n) is 9.07. The zero-order chi connectivity index (χ0) is 10.7. The van der Waals surface area contributed by atoms with E-state index in [2.05, 4.69) is 11.4 Å². The lowest BCUT2D eigenvalue weighted by Gasteiger charge is -2.07. The van der Waals surface area contributed by atoms with Gasteiger partial charge in [0.05, 0.1) is 7.11 Å². The summed E-state index contributed by atoms with van der Waals surface area (Å²) >= 11 is 0. The Morgan fingerprint density at radius 2 is 2.33 bits per heavy atom. The maximum atomic E-state index is 5.59. The van der Waals surface area contributed by atoms with Crippen LogP contribution in [0.4, 0.5) is 5.69 Å². The molecule has 0 aromatic heterocycles. The smallest absolute Gasteiger partial charge is 0.120 e. The van der Waals surface area contributed by atoms with Gasteiger partial charge in [-0.25, -0.2) is 0 Å². The van der Waals surface area contributed by atoms with E-state index in [9.17, 15) is 0 Å². The Hall–Kier alpha value is -1.22. The molecular formula is C12H18N2O. The number of nitrogens with one attached hydrogen (secondary N) is 1. The van der Waals surface area contributed by atoms with Crippen LogP contribution in [-0.4, -0.2) is 20.2 Å². The first-order chi connectivity index (χ1) is 7.33. The zero-order valence-corrected chi connectivity index (χ0v) is 9.07. The Morgan fingerprint density at radius 1 is 1.47 bits per heavy atom. The van der Waals surface area contributed by atoms with Gasteiger partial charge in [0, 0.05) is 18.3 Å². The van der Waals surface area contributed by atoms with Gasteiger partial charge in [-0.1, -0.05) is 6.07 Å². The Balaban J connectivity index is 1.83. The molecule has 0 bridgehead atoms. The second kappa shape index (κ2) is 4.53. The number of ether oxygens (including phenoxy) is 1. The van der Waals surface area contributed by atoms with Gasteiger partial charge in [0.25, 0.3) is 0 Å². The summed E-state index contributed by atoms with van der Waals surface area (Å²) < 4.78 is 5.16. The molecule has 1 fully saturated rings. The molecular weight excluding hydrogens is 188 g/mol. The van der Waals surface area contributed by atoms with E-state index >= 15 is 0 Å². The van der Waals surface area contributed by atoms with Gasteiger partial charge in [0.1, 0.15) is 5.75 Å². The molecule has 0 amide bonds. The average molecular weight is 206 g/mol. The van der Waals surface area contributed by atoms with Gasteiger partial charge in [-0.05, 0) is 36.9 Å². The average Bonchev–Trinajstić information content (AvgIpc) is 3.05. The molecule has 2 rings (SSSR count). The summed E-state index contributed by atoms with van der Waals surface area (Å²) in [5.41, 5.74) is 6.71. The van der Waals surface area contributed by atoms with Gasteiger partial charge in [-0.2, -0.15) is 0 Å². The fraction of sp³-hybridized carbons (Fsp3) is 0.500. The van der Waals surface area contributed by atoms with Crippen molar-refractivity contribution in [2.75, 3.05) is 25.5 Å². The van der Waals surface area contributed by atoms with Crippen molar-refractivity contribution in [3.05, 3.63) is 24.3 Å². The third kappa shape index (κ3) is 2.63. The first-order valence-electron chi connectivity index (χ1n) is 5.41. The van der Waals surface area contributed by atoms with Gasteiger partial charge >= 0.3 is 0 Å².